The lowest BCUT2D eigenvalue weighted by Crippen LogP contribution is -2.17. The highest BCUT2D eigenvalue weighted by Gasteiger charge is 2.27. The molecule has 0 radical (unpaired) electrons. The summed E-state index contributed by atoms with van der Waals surface area (Å²) < 4.78 is 39.2. The maximum atomic E-state index is 11.6. The van der Waals surface area contributed by atoms with Gasteiger partial charge in [-0.3, -0.25) is 0 Å². The number of rotatable bonds is 6. The first-order valence-corrected chi connectivity index (χ1v) is 5.22. The standard InChI is InChI=1S/C8H11BrF3NO/c9-4-7(5-13)2-1-3-14-6-8(10,11)12/h7H,1-4,6H2. The van der Waals surface area contributed by atoms with Crippen LogP contribution in [0.3, 0.4) is 0 Å². The quantitative estimate of drug-likeness (QED) is 0.551. The maximum Gasteiger partial charge on any atom is 0.411 e. The van der Waals surface area contributed by atoms with Gasteiger partial charge in [-0.1, -0.05) is 15.9 Å². The highest BCUT2D eigenvalue weighted by atomic mass is 79.9. The number of nitriles is 1. The fraction of sp³-hybridized carbons (Fsp3) is 0.875. The second kappa shape index (κ2) is 7.07. The van der Waals surface area contributed by atoms with Crippen LogP contribution in [0, 0.1) is 17.2 Å². The van der Waals surface area contributed by atoms with Crippen LogP contribution < -0.4 is 0 Å². The number of ether oxygens (including phenoxy) is 1. The van der Waals surface area contributed by atoms with Crippen molar-refractivity contribution in [2.24, 2.45) is 5.92 Å². The van der Waals surface area contributed by atoms with E-state index in [4.69, 9.17) is 5.26 Å². The molecule has 1 atom stereocenters. The van der Waals surface area contributed by atoms with E-state index in [2.05, 4.69) is 20.7 Å². The van der Waals surface area contributed by atoms with Crippen molar-refractivity contribution in [3.8, 4) is 6.07 Å². The van der Waals surface area contributed by atoms with E-state index in [1.165, 1.54) is 0 Å². The van der Waals surface area contributed by atoms with Gasteiger partial charge in [0.1, 0.15) is 6.61 Å². The van der Waals surface area contributed by atoms with E-state index in [1.807, 2.05) is 6.07 Å². The van der Waals surface area contributed by atoms with Gasteiger partial charge in [-0.05, 0) is 12.8 Å². The molecule has 0 N–H and O–H groups in total. The number of hydrogen-bond acceptors (Lipinski definition) is 2. The van der Waals surface area contributed by atoms with Crippen molar-refractivity contribution in [1.82, 2.24) is 0 Å². The topological polar surface area (TPSA) is 33.0 Å². The molecule has 0 aromatic rings. The molecule has 0 aromatic carbocycles. The molecule has 0 heterocycles. The van der Waals surface area contributed by atoms with E-state index >= 15 is 0 Å². The van der Waals surface area contributed by atoms with Gasteiger partial charge in [0.05, 0.1) is 12.0 Å². The van der Waals surface area contributed by atoms with E-state index in [9.17, 15) is 13.2 Å². The van der Waals surface area contributed by atoms with Crippen molar-refractivity contribution in [1.29, 1.82) is 5.26 Å². The largest absolute Gasteiger partial charge is 0.411 e. The van der Waals surface area contributed by atoms with Crippen LogP contribution in [-0.2, 0) is 4.74 Å². The predicted octanol–water partition coefficient (Wildman–Crippen LogP) is 2.88. The van der Waals surface area contributed by atoms with Gasteiger partial charge in [-0.15, -0.1) is 0 Å². The Morgan fingerprint density at radius 1 is 1.43 bits per heavy atom. The lowest BCUT2D eigenvalue weighted by Gasteiger charge is -2.08. The lowest BCUT2D eigenvalue weighted by atomic mass is 10.1. The summed E-state index contributed by atoms with van der Waals surface area (Å²) in [6, 6.07) is 2.03. The smallest absolute Gasteiger partial charge is 0.372 e. The monoisotopic (exact) mass is 273 g/mol. The molecule has 1 unspecified atom stereocenters. The zero-order chi connectivity index (χ0) is 11.0. The zero-order valence-electron chi connectivity index (χ0n) is 7.48. The number of halogens is 4. The minimum absolute atomic E-state index is 0.0463. The van der Waals surface area contributed by atoms with Gasteiger partial charge in [0.25, 0.3) is 0 Å². The Kier molecular flexibility index (Phi) is 6.93. The van der Waals surface area contributed by atoms with Crippen LogP contribution in [0.5, 0.6) is 0 Å². The number of hydrogen-bond donors (Lipinski definition) is 0. The Balaban J connectivity index is 3.35. The van der Waals surface area contributed by atoms with Crippen LogP contribution in [0.25, 0.3) is 0 Å². The second-order valence-electron chi connectivity index (χ2n) is 2.79. The molecule has 6 heteroatoms. The van der Waals surface area contributed by atoms with E-state index in [1.54, 1.807) is 0 Å². The fourth-order valence-electron chi connectivity index (χ4n) is 0.796. The average Bonchev–Trinajstić information content (AvgIpc) is 2.09. The van der Waals surface area contributed by atoms with Gasteiger partial charge < -0.3 is 4.74 Å². The summed E-state index contributed by atoms with van der Waals surface area (Å²) in [5.41, 5.74) is 0. The molecule has 0 aliphatic heterocycles. The predicted molar refractivity (Wildman–Crippen MR) is 49.0 cm³/mol. The molecule has 14 heavy (non-hydrogen) atoms. The summed E-state index contributed by atoms with van der Waals surface area (Å²) in [5, 5.41) is 9.06. The molecule has 0 amide bonds. The first-order chi connectivity index (χ1) is 6.49. The van der Waals surface area contributed by atoms with E-state index in [0.29, 0.717) is 18.2 Å². The van der Waals surface area contributed by atoms with Gasteiger partial charge in [-0.2, -0.15) is 18.4 Å². The summed E-state index contributed by atoms with van der Waals surface area (Å²) in [7, 11) is 0. The van der Waals surface area contributed by atoms with Gasteiger partial charge in [0.15, 0.2) is 0 Å². The van der Waals surface area contributed by atoms with Crippen molar-refractivity contribution >= 4 is 15.9 Å². The molecule has 0 aromatic heterocycles. The third-order valence-electron chi connectivity index (χ3n) is 1.48. The SMILES string of the molecule is N#CC(CBr)CCCOCC(F)(F)F. The molecule has 0 rings (SSSR count). The van der Waals surface area contributed by atoms with Crippen LogP contribution in [0.2, 0.25) is 0 Å². The van der Waals surface area contributed by atoms with Gasteiger partial charge >= 0.3 is 6.18 Å². The Bertz CT molecular complexity index is 190. The molecule has 0 aliphatic rings. The third-order valence-corrected chi connectivity index (χ3v) is 2.26. The second-order valence-corrected chi connectivity index (χ2v) is 3.44. The molecule has 0 bridgehead atoms. The molecule has 0 saturated carbocycles. The van der Waals surface area contributed by atoms with Crippen LogP contribution >= 0.6 is 15.9 Å². The molecule has 0 saturated heterocycles. The molecule has 2 nitrogen and oxygen atoms in total. The molecule has 82 valence electrons. The summed E-state index contributed by atoms with van der Waals surface area (Å²) in [5.74, 6) is -0.149. The van der Waals surface area contributed by atoms with Gasteiger partial charge in [-0.25, -0.2) is 0 Å². The normalized spacial score (nSPS) is 13.6. The van der Waals surface area contributed by atoms with Crippen LogP contribution in [0.1, 0.15) is 12.8 Å². The minimum Gasteiger partial charge on any atom is -0.372 e. The lowest BCUT2D eigenvalue weighted by molar-refractivity contribution is -0.174. The van der Waals surface area contributed by atoms with Gasteiger partial charge in [0.2, 0.25) is 0 Å². The highest BCUT2D eigenvalue weighted by molar-refractivity contribution is 9.09. The first kappa shape index (κ1) is 13.7. The molecular weight excluding hydrogens is 263 g/mol. The Morgan fingerprint density at radius 3 is 2.50 bits per heavy atom. The summed E-state index contributed by atoms with van der Waals surface area (Å²) >= 11 is 3.13. The van der Waals surface area contributed by atoms with Crippen molar-refractivity contribution in [3.05, 3.63) is 0 Å². The summed E-state index contributed by atoms with van der Waals surface area (Å²) in [4.78, 5) is 0. The minimum atomic E-state index is -4.26. The Hall–Kier alpha value is -0.280. The maximum absolute atomic E-state index is 11.6. The number of alkyl halides is 4. The van der Waals surface area contributed by atoms with Crippen LogP contribution in [0.4, 0.5) is 13.2 Å². The van der Waals surface area contributed by atoms with Crippen molar-refractivity contribution in [3.63, 3.8) is 0 Å². The summed E-state index contributed by atoms with van der Waals surface area (Å²) in [6.45, 7) is -1.16. The fourth-order valence-corrected chi connectivity index (χ4v) is 1.26. The van der Waals surface area contributed by atoms with E-state index < -0.39 is 12.8 Å². The van der Waals surface area contributed by atoms with Crippen LogP contribution in [0.15, 0.2) is 0 Å². The Labute approximate surface area is 89.2 Å². The van der Waals surface area contributed by atoms with Crippen molar-refractivity contribution in [2.75, 3.05) is 18.5 Å². The molecular formula is C8H11BrF3NO. The van der Waals surface area contributed by atoms with Crippen LogP contribution in [-0.4, -0.2) is 24.7 Å². The Morgan fingerprint density at radius 2 is 2.07 bits per heavy atom. The van der Waals surface area contributed by atoms with E-state index in [0.717, 1.165) is 0 Å². The highest BCUT2D eigenvalue weighted by Crippen LogP contribution is 2.15. The summed E-state index contributed by atoms with van der Waals surface area (Å²) in [6.07, 6.45) is -3.23. The first-order valence-electron chi connectivity index (χ1n) is 4.09. The molecule has 0 fully saturated rings. The van der Waals surface area contributed by atoms with Crippen molar-refractivity contribution in [2.45, 2.75) is 19.0 Å². The average molecular weight is 274 g/mol. The van der Waals surface area contributed by atoms with Crippen molar-refractivity contribution < 1.29 is 17.9 Å². The molecule has 0 aliphatic carbocycles. The van der Waals surface area contributed by atoms with E-state index in [-0.39, 0.29) is 12.5 Å². The third kappa shape index (κ3) is 8.32. The molecule has 0 spiro atoms. The zero-order valence-corrected chi connectivity index (χ0v) is 9.07. The van der Waals surface area contributed by atoms with Gasteiger partial charge in [0, 0.05) is 11.9 Å². The number of nitrogens with zero attached hydrogens (tertiary/aromatic N) is 1.